The summed E-state index contributed by atoms with van der Waals surface area (Å²) in [6, 6.07) is 5.33. The lowest BCUT2D eigenvalue weighted by atomic mass is 10.0. The second kappa shape index (κ2) is 9.68. The molecular formula is C24H29Cl2N7O. The summed E-state index contributed by atoms with van der Waals surface area (Å²) < 4.78 is 1.88. The molecule has 4 heterocycles. The van der Waals surface area contributed by atoms with Crippen molar-refractivity contribution in [1.82, 2.24) is 30.0 Å². The number of amides is 1. The highest BCUT2D eigenvalue weighted by Crippen LogP contribution is 2.31. The zero-order valence-electron chi connectivity index (χ0n) is 19.5. The van der Waals surface area contributed by atoms with Crippen LogP contribution in [-0.4, -0.2) is 69.3 Å². The van der Waals surface area contributed by atoms with Crippen molar-refractivity contribution in [1.29, 1.82) is 0 Å². The summed E-state index contributed by atoms with van der Waals surface area (Å²) >= 11 is 12.6. The van der Waals surface area contributed by atoms with E-state index in [0.717, 1.165) is 67.1 Å². The van der Waals surface area contributed by atoms with Crippen LogP contribution in [0.3, 0.4) is 0 Å². The number of anilines is 1. The quantitative estimate of drug-likeness (QED) is 0.584. The fourth-order valence-corrected chi connectivity index (χ4v) is 5.44. The molecule has 8 nitrogen and oxygen atoms in total. The number of carbonyl (C=O) groups excluding carboxylic acids is 1. The fraction of sp³-hybridized carbons (Fsp3) is 0.500. The average molecular weight is 502 g/mol. The van der Waals surface area contributed by atoms with Crippen molar-refractivity contribution in [3.05, 3.63) is 45.7 Å². The van der Waals surface area contributed by atoms with E-state index in [2.05, 4.69) is 15.2 Å². The van der Waals surface area contributed by atoms with Crippen LogP contribution in [0.1, 0.15) is 43.5 Å². The highest BCUT2D eigenvalue weighted by molar-refractivity contribution is 6.35. The van der Waals surface area contributed by atoms with Crippen molar-refractivity contribution >= 4 is 46.1 Å². The number of aryl methyl sites for hydroxylation is 1. The predicted octanol–water partition coefficient (Wildman–Crippen LogP) is 3.84. The monoisotopic (exact) mass is 501 g/mol. The van der Waals surface area contributed by atoms with E-state index >= 15 is 0 Å². The Hall–Kier alpha value is -2.42. The minimum atomic E-state index is -0.136. The molecule has 2 aliphatic rings. The van der Waals surface area contributed by atoms with Crippen LogP contribution in [0.15, 0.2) is 24.4 Å². The van der Waals surface area contributed by atoms with Gasteiger partial charge in [-0.15, -0.1) is 0 Å². The molecule has 2 aromatic heterocycles. The van der Waals surface area contributed by atoms with Gasteiger partial charge in [-0.2, -0.15) is 5.10 Å². The Morgan fingerprint density at radius 2 is 1.97 bits per heavy atom. The molecule has 0 spiro atoms. The molecule has 0 radical (unpaired) electrons. The molecule has 0 saturated carbocycles. The van der Waals surface area contributed by atoms with Crippen molar-refractivity contribution in [2.45, 2.75) is 45.2 Å². The maximum Gasteiger partial charge on any atom is 0.239 e. The molecule has 10 heteroatoms. The number of rotatable bonds is 4. The van der Waals surface area contributed by atoms with Crippen LogP contribution in [0, 0.1) is 6.92 Å². The van der Waals surface area contributed by atoms with Gasteiger partial charge in [-0.05, 0) is 50.9 Å². The van der Waals surface area contributed by atoms with E-state index in [4.69, 9.17) is 33.3 Å². The molecule has 34 heavy (non-hydrogen) atoms. The number of piperidine rings is 1. The van der Waals surface area contributed by atoms with Gasteiger partial charge < -0.3 is 15.1 Å². The summed E-state index contributed by atoms with van der Waals surface area (Å²) in [7, 11) is 0. The number of carbonyl (C=O) groups is 1. The van der Waals surface area contributed by atoms with Gasteiger partial charge in [0.2, 0.25) is 5.91 Å². The maximum atomic E-state index is 12.9. The van der Waals surface area contributed by atoms with Crippen molar-refractivity contribution in [3.8, 4) is 0 Å². The number of hydrogen-bond acceptors (Lipinski definition) is 6. The summed E-state index contributed by atoms with van der Waals surface area (Å²) in [5.41, 5.74) is 3.24. The highest BCUT2D eigenvalue weighted by atomic mass is 35.5. The summed E-state index contributed by atoms with van der Waals surface area (Å²) in [4.78, 5) is 26.7. The molecule has 2 saturated heterocycles. The third-order valence-electron chi connectivity index (χ3n) is 6.86. The third-order valence-corrected chi connectivity index (χ3v) is 7.42. The number of nitrogens with one attached hydrogen (secondary N) is 1. The Bertz CT molecular complexity index is 1200. The number of halogens is 2. The normalized spacial score (nSPS) is 20.1. The lowest BCUT2D eigenvalue weighted by Gasteiger charge is -2.37. The average Bonchev–Trinajstić information content (AvgIpc) is 3.19. The number of fused-ring (bicyclic) bond motifs is 1. The fourth-order valence-electron chi connectivity index (χ4n) is 4.87. The molecule has 0 aliphatic carbocycles. The van der Waals surface area contributed by atoms with Crippen LogP contribution in [0.2, 0.25) is 10.0 Å². The third kappa shape index (κ3) is 4.46. The smallest absolute Gasteiger partial charge is 0.239 e. The van der Waals surface area contributed by atoms with Crippen LogP contribution in [0.4, 0.5) is 5.82 Å². The van der Waals surface area contributed by atoms with E-state index in [1.165, 1.54) is 0 Å². The van der Waals surface area contributed by atoms with Gasteiger partial charge in [-0.25, -0.2) is 14.6 Å². The molecule has 1 amide bonds. The second-order valence-electron chi connectivity index (χ2n) is 9.09. The van der Waals surface area contributed by atoms with Gasteiger partial charge in [-0.3, -0.25) is 4.79 Å². The Balaban J connectivity index is 1.35. The van der Waals surface area contributed by atoms with Gasteiger partial charge >= 0.3 is 0 Å². The van der Waals surface area contributed by atoms with E-state index in [1.54, 1.807) is 6.07 Å². The Labute approximate surface area is 209 Å². The van der Waals surface area contributed by atoms with Gasteiger partial charge in [0, 0.05) is 36.2 Å². The zero-order valence-corrected chi connectivity index (χ0v) is 21.0. The summed E-state index contributed by atoms with van der Waals surface area (Å²) in [5.74, 6) is 1.02. The van der Waals surface area contributed by atoms with E-state index in [9.17, 15) is 4.79 Å². The predicted molar refractivity (Wildman–Crippen MR) is 135 cm³/mol. The zero-order chi connectivity index (χ0) is 23.8. The number of benzene rings is 1. The molecule has 2 fully saturated rings. The van der Waals surface area contributed by atoms with Gasteiger partial charge in [-0.1, -0.05) is 35.7 Å². The number of hydrogen-bond donors (Lipinski definition) is 1. The van der Waals surface area contributed by atoms with Crippen molar-refractivity contribution < 1.29 is 4.79 Å². The van der Waals surface area contributed by atoms with Crippen LogP contribution in [0.5, 0.6) is 0 Å². The van der Waals surface area contributed by atoms with Crippen molar-refractivity contribution in [2.75, 3.05) is 37.6 Å². The molecule has 2 aliphatic heterocycles. The Morgan fingerprint density at radius 1 is 1.18 bits per heavy atom. The molecule has 1 N–H and O–H groups in total. The highest BCUT2D eigenvalue weighted by Gasteiger charge is 2.29. The second-order valence-corrected chi connectivity index (χ2v) is 9.93. The summed E-state index contributed by atoms with van der Waals surface area (Å²) in [6.45, 7) is 7.73. The van der Waals surface area contributed by atoms with E-state index < -0.39 is 0 Å². The first-order valence-corrected chi connectivity index (χ1v) is 12.6. The summed E-state index contributed by atoms with van der Waals surface area (Å²) in [5, 5.41) is 9.28. The van der Waals surface area contributed by atoms with E-state index in [-0.39, 0.29) is 18.0 Å². The first kappa shape index (κ1) is 23.3. The lowest BCUT2D eigenvalue weighted by molar-refractivity contribution is -0.134. The first-order chi connectivity index (χ1) is 16.4. The van der Waals surface area contributed by atoms with Crippen LogP contribution >= 0.6 is 23.2 Å². The van der Waals surface area contributed by atoms with E-state index in [0.29, 0.717) is 23.1 Å². The van der Waals surface area contributed by atoms with Crippen molar-refractivity contribution in [3.63, 3.8) is 0 Å². The van der Waals surface area contributed by atoms with Crippen molar-refractivity contribution in [2.24, 2.45) is 0 Å². The first-order valence-electron chi connectivity index (χ1n) is 11.9. The van der Waals surface area contributed by atoms with Gasteiger partial charge in [0.1, 0.15) is 11.3 Å². The minimum Gasteiger partial charge on any atom is -0.352 e. The molecule has 0 bridgehead atoms. The molecule has 180 valence electrons. The van der Waals surface area contributed by atoms with Gasteiger partial charge in [0.25, 0.3) is 0 Å². The molecule has 1 unspecified atom stereocenters. The molecule has 5 rings (SSSR count). The lowest BCUT2D eigenvalue weighted by Crippen LogP contribution is -2.55. The molecule has 2 atom stereocenters. The molecular weight excluding hydrogens is 473 g/mol. The van der Waals surface area contributed by atoms with E-state index in [1.807, 2.05) is 41.8 Å². The maximum absolute atomic E-state index is 12.9. The SMILES string of the molecule is Cc1nn(C(C)c2ccc(Cl)cc2Cl)c2nc(N3CCN(C(=O)[C@H]4CCCCN4)CC3)cnc12. The Morgan fingerprint density at radius 3 is 2.68 bits per heavy atom. The molecule has 1 aromatic carbocycles. The van der Waals surface area contributed by atoms with Crippen LogP contribution < -0.4 is 10.2 Å². The standard InChI is InChI=1S/C24H29Cl2N7O/c1-15-22-23(33(30-15)16(2)18-7-6-17(25)13-19(18)26)29-21(14-28-22)31-9-11-32(12-10-31)24(34)20-5-3-4-8-27-20/h6-7,13-14,16,20,27H,3-5,8-12H2,1-2H3/t16?,20-/m1/s1. The summed E-state index contributed by atoms with van der Waals surface area (Å²) in [6.07, 6.45) is 5.01. The largest absolute Gasteiger partial charge is 0.352 e. The Kier molecular flexibility index (Phi) is 6.64. The minimum absolute atomic E-state index is 0.0325. The number of piperazine rings is 1. The number of aromatic nitrogens is 4. The van der Waals surface area contributed by atoms with Gasteiger partial charge in [0.05, 0.1) is 24.0 Å². The van der Waals surface area contributed by atoms with Gasteiger partial charge in [0.15, 0.2) is 5.65 Å². The molecule has 3 aromatic rings. The topological polar surface area (TPSA) is 79.2 Å². The number of nitrogens with zero attached hydrogens (tertiary/aromatic N) is 6. The van der Waals surface area contributed by atoms with Crippen LogP contribution in [-0.2, 0) is 4.79 Å². The van der Waals surface area contributed by atoms with Crippen LogP contribution in [0.25, 0.3) is 11.2 Å².